The van der Waals surface area contributed by atoms with Crippen LogP contribution >= 0.6 is 11.5 Å². The first-order valence-corrected chi connectivity index (χ1v) is 4.64. The minimum atomic E-state index is -0.741. The Kier molecular flexibility index (Phi) is 2.17. The van der Waals surface area contributed by atoms with Gasteiger partial charge in [-0.1, -0.05) is 11.5 Å². The van der Waals surface area contributed by atoms with Gasteiger partial charge >= 0.3 is 0 Å². The molecule has 2 nitrogen and oxygen atoms in total. The average molecular weight is 213 g/mol. The Morgan fingerprint density at radius 2 is 2.00 bits per heavy atom. The Hall–Kier alpha value is -1.49. The van der Waals surface area contributed by atoms with Crippen LogP contribution in [0.4, 0.5) is 8.78 Å². The molecule has 0 N–H and O–H groups in total. The molecule has 0 radical (unpaired) electrons. The van der Waals surface area contributed by atoms with Crippen LogP contribution in [0.1, 0.15) is 0 Å². The third-order valence-electron chi connectivity index (χ3n) is 1.71. The van der Waals surface area contributed by atoms with Crippen molar-refractivity contribution in [2.45, 2.75) is 0 Å². The second kappa shape index (κ2) is 3.34. The summed E-state index contributed by atoms with van der Waals surface area (Å²) in [6.07, 6.45) is 0. The monoisotopic (exact) mass is 213 g/mol. The highest BCUT2D eigenvalue weighted by molar-refractivity contribution is 7.04. The zero-order valence-corrected chi connectivity index (χ0v) is 7.72. The van der Waals surface area contributed by atoms with Crippen LogP contribution in [-0.4, -0.2) is 3.96 Å². The van der Waals surface area contributed by atoms with Crippen molar-refractivity contribution in [3.63, 3.8) is 0 Å². The van der Waals surface area contributed by atoms with Crippen LogP contribution in [0.5, 0.6) is 0 Å². The van der Waals surface area contributed by atoms with Gasteiger partial charge in [0.1, 0.15) is 5.82 Å². The summed E-state index contributed by atoms with van der Waals surface area (Å²) in [5.41, 5.74) is -0.244. The molecule has 2 rings (SSSR count). The van der Waals surface area contributed by atoms with Crippen LogP contribution in [0.15, 0.2) is 34.4 Å². The van der Waals surface area contributed by atoms with E-state index in [0.29, 0.717) is 0 Å². The number of halogens is 2. The molecule has 2 aromatic rings. The van der Waals surface area contributed by atoms with Gasteiger partial charge in [0.05, 0.1) is 5.69 Å². The van der Waals surface area contributed by atoms with Crippen molar-refractivity contribution in [2.75, 3.05) is 0 Å². The van der Waals surface area contributed by atoms with Gasteiger partial charge in [-0.2, -0.15) is 0 Å². The lowest BCUT2D eigenvalue weighted by Crippen LogP contribution is -2.10. The molecule has 0 saturated carbocycles. The Morgan fingerprint density at radius 1 is 1.21 bits per heavy atom. The van der Waals surface area contributed by atoms with Crippen molar-refractivity contribution in [2.24, 2.45) is 0 Å². The SMILES string of the molecule is O=c1ccsn1-c1ccc(F)cc1F. The van der Waals surface area contributed by atoms with E-state index in [1.807, 2.05) is 0 Å². The quantitative estimate of drug-likeness (QED) is 0.711. The van der Waals surface area contributed by atoms with Crippen molar-refractivity contribution in [3.8, 4) is 5.69 Å². The van der Waals surface area contributed by atoms with E-state index in [9.17, 15) is 13.6 Å². The number of hydrogen-bond donors (Lipinski definition) is 0. The molecular weight excluding hydrogens is 208 g/mol. The third-order valence-corrected chi connectivity index (χ3v) is 2.55. The summed E-state index contributed by atoms with van der Waals surface area (Å²) in [4.78, 5) is 11.2. The normalized spacial score (nSPS) is 10.4. The first-order valence-electron chi connectivity index (χ1n) is 3.81. The van der Waals surface area contributed by atoms with E-state index in [4.69, 9.17) is 0 Å². The number of rotatable bonds is 1. The van der Waals surface area contributed by atoms with Gasteiger partial charge in [0.2, 0.25) is 0 Å². The zero-order chi connectivity index (χ0) is 10.1. The highest BCUT2D eigenvalue weighted by Gasteiger charge is 2.07. The molecule has 1 aromatic heterocycles. The molecule has 0 atom stereocenters. The van der Waals surface area contributed by atoms with Gasteiger partial charge in [0.15, 0.2) is 5.82 Å². The van der Waals surface area contributed by atoms with E-state index < -0.39 is 11.6 Å². The minimum Gasteiger partial charge on any atom is -0.268 e. The van der Waals surface area contributed by atoms with E-state index in [0.717, 1.165) is 27.6 Å². The van der Waals surface area contributed by atoms with Crippen molar-refractivity contribution < 1.29 is 8.78 Å². The second-order valence-corrected chi connectivity index (χ2v) is 3.48. The summed E-state index contributed by atoms with van der Waals surface area (Å²) in [6.45, 7) is 0. The summed E-state index contributed by atoms with van der Waals surface area (Å²) in [7, 11) is 0. The van der Waals surface area contributed by atoms with Crippen LogP contribution in [0.2, 0.25) is 0 Å². The van der Waals surface area contributed by atoms with E-state index in [1.54, 1.807) is 5.38 Å². The molecule has 5 heteroatoms. The van der Waals surface area contributed by atoms with Crippen molar-refractivity contribution in [3.05, 3.63) is 51.6 Å². The average Bonchev–Trinajstić information content (AvgIpc) is 2.52. The zero-order valence-electron chi connectivity index (χ0n) is 6.91. The number of nitrogens with zero attached hydrogens (tertiary/aromatic N) is 1. The van der Waals surface area contributed by atoms with Gasteiger partial charge in [-0.25, -0.2) is 12.7 Å². The topological polar surface area (TPSA) is 22.0 Å². The van der Waals surface area contributed by atoms with Crippen molar-refractivity contribution in [1.82, 2.24) is 3.96 Å². The molecular formula is C9H5F2NOS. The summed E-state index contributed by atoms with van der Waals surface area (Å²) in [6, 6.07) is 4.43. The molecule has 0 spiro atoms. The Labute approximate surface area is 82.2 Å². The van der Waals surface area contributed by atoms with Crippen LogP contribution in [0.3, 0.4) is 0 Å². The van der Waals surface area contributed by atoms with Gasteiger partial charge in [-0.05, 0) is 12.1 Å². The van der Waals surface area contributed by atoms with Crippen molar-refractivity contribution >= 4 is 11.5 Å². The lowest BCUT2D eigenvalue weighted by Gasteiger charge is -2.01. The largest absolute Gasteiger partial charge is 0.268 e. The smallest absolute Gasteiger partial charge is 0.265 e. The number of hydrogen-bond acceptors (Lipinski definition) is 2. The van der Waals surface area contributed by atoms with E-state index >= 15 is 0 Å². The lowest BCUT2D eigenvalue weighted by molar-refractivity contribution is 0.579. The van der Waals surface area contributed by atoms with E-state index in [1.165, 1.54) is 12.1 Å². The van der Waals surface area contributed by atoms with E-state index in [-0.39, 0.29) is 11.2 Å². The van der Waals surface area contributed by atoms with Crippen LogP contribution in [0.25, 0.3) is 5.69 Å². The lowest BCUT2D eigenvalue weighted by atomic mass is 10.3. The first-order chi connectivity index (χ1) is 6.68. The molecule has 0 bridgehead atoms. The molecule has 0 aliphatic carbocycles. The van der Waals surface area contributed by atoms with Crippen molar-refractivity contribution in [1.29, 1.82) is 0 Å². The predicted octanol–water partition coefficient (Wildman–Crippen LogP) is 2.18. The molecule has 14 heavy (non-hydrogen) atoms. The highest BCUT2D eigenvalue weighted by Crippen LogP contribution is 2.14. The molecule has 72 valence electrons. The van der Waals surface area contributed by atoms with Gasteiger partial charge in [-0.3, -0.25) is 4.79 Å². The van der Waals surface area contributed by atoms with Crippen LogP contribution in [0, 0.1) is 11.6 Å². The second-order valence-electron chi connectivity index (χ2n) is 2.64. The third kappa shape index (κ3) is 1.46. The molecule has 1 aromatic carbocycles. The molecule has 0 aliphatic heterocycles. The van der Waals surface area contributed by atoms with Crippen LogP contribution in [-0.2, 0) is 0 Å². The maximum absolute atomic E-state index is 13.2. The fraction of sp³-hybridized carbons (Fsp3) is 0. The summed E-state index contributed by atoms with van der Waals surface area (Å²) in [5, 5.41) is 1.55. The van der Waals surface area contributed by atoms with E-state index in [2.05, 4.69) is 0 Å². The van der Waals surface area contributed by atoms with Crippen LogP contribution < -0.4 is 5.56 Å². The Bertz CT molecular complexity index is 518. The molecule has 0 amide bonds. The van der Waals surface area contributed by atoms with Gasteiger partial charge in [0, 0.05) is 17.5 Å². The standard InChI is InChI=1S/C9H5F2NOS/c10-6-1-2-8(7(11)5-6)12-9(13)3-4-14-12/h1-5H. The highest BCUT2D eigenvalue weighted by atomic mass is 32.1. The summed E-state index contributed by atoms with van der Waals surface area (Å²) >= 11 is 1.06. The molecule has 0 unspecified atom stereocenters. The number of aromatic nitrogens is 1. The fourth-order valence-electron chi connectivity index (χ4n) is 1.09. The fourth-order valence-corrected chi connectivity index (χ4v) is 1.82. The van der Waals surface area contributed by atoms with Gasteiger partial charge in [0.25, 0.3) is 5.56 Å². The Morgan fingerprint density at radius 3 is 2.57 bits per heavy atom. The number of benzene rings is 1. The minimum absolute atomic E-state index is 0.0754. The first kappa shape index (κ1) is 9.08. The molecule has 1 heterocycles. The van der Waals surface area contributed by atoms with Gasteiger partial charge in [-0.15, -0.1) is 0 Å². The summed E-state index contributed by atoms with van der Waals surface area (Å²) in [5.74, 6) is -1.40. The predicted molar refractivity (Wildman–Crippen MR) is 49.8 cm³/mol. The summed E-state index contributed by atoms with van der Waals surface area (Å²) < 4.78 is 26.9. The maximum Gasteiger partial charge on any atom is 0.265 e. The molecule has 0 saturated heterocycles. The maximum atomic E-state index is 13.2. The molecule has 0 fully saturated rings. The molecule has 0 aliphatic rings. The Balaban J connectivity index is 2.63. The van der Waals surface area contributed by atoms with Gasteiger partial charge < -0.3 is 0 Å².